The fourth-order valence-electron chi connectivity index (χ4n) is 1.46. The van der Waals surface area contributed by atoms with Gasteiger partial charge in [0.2, 0.25) is 0 Å². The Kier molecular flexibility index (Phi) is 4.44. The van der Waals surface area contributed by atoms with Crippen LogP contribution in [0, 0.1) is 5.41 Å². The third-order valence-electron chi connectivity index (χ3n) is 1.95. The monoisotopic (exact) mass is 259 g/mol. The molecule has 0 radical (unpaired) electrons. The van der Waals surface area contributed by atoms with E-state index >= 15 is 0 Å². The van der Waals surface area contributed by atoms with Crippen molar-refractivity contribution in [1.82, 2.24) is 9.97 Å². The number of rotatable bonds is 3. The molecule has 0 aliphatic rings. The maximum Gasteiger partial charge on any atom is 0.190 e. The van der Waals surface area contributed by atoms with Crippen LogP contribution in [0.4, 0.5) is 5.82 Å². The van der Waals surface area contributed by atoms with Gasteiger partial charge < -0.3 is 4.90 Å². The molecule has 0 N–H and O–H groups in total. The molecule has 0 spiro atoms. The van der Waals surface area contributed by atoms with Gasteiger partial charge in [-0.2, -0.15) is 0 Å². The van der Waals surface area contributed by atoms with E-state index < -0.39 is 0 Å². The smallest absolute Gasteiger partial charge is 0.190 e. The first-order valence-corrected chi connectivity index (χ1v) is 6.72. The standard InChI is InChI=1S/C11H18ClN3S/c1-11(2,3)7-15(4)9-6-8(12)13-10(14-9)16-5/h6H,7H2,1-5H3. The molecule has 0 aliphatic heterocycles. The van der Waals surface area contributed by atoms with Gasteiger partial charge in [0.25, 0.3) is 0 Å². The summed E-state index contributed by atoms with van der Waals surface area (Å²) in [4.78, 5) is 10.7. The molecular formula is C11H18ClN3S. The van der Waals surface area contributed by atoms with Crippen molar-refractivity contribution < 1.29 is 0 Å². The van der Waals surface area contributed by atoms with Crippen molar-refractivity contribution in [3.63, 3.8) is 0 Å². The van der Waals surface area contributed by atoms with Gasteiger partial charge in [-0.3, -0.25) is 0 Å². The zero-order valence-electron chi connectivity index (χ0n) is 10.4. The van der Waals surface area contributed by atoms with Crippen LogP contribution in [0.25, 0.3) is 0 Å². The third kappa shape index (κ3) is 4.18. The molecule has 3 nitrogen and oxygen atoms in total. The second-order valence-corrected chi connectivity index (χ2v) is 6.11. The van der Waals surface area contributed by atoms with Gasteiger partial charge in [0.1, 0.15) is 11.0 Å². The minimum atomic E-state index is 0.228. The average Bonchev–Trinajstić information content (AvgIpc) is 2.14. The fourth-order valence-corrected chi connectivity index (χ4v) is 2.07. The number of thioether (sulfide) groups is 1. The molecule has 16 heavy (non-hydrogen) atoms. The number of halogens is 1. The molecule has 1 rings (SSSR count). The van der Waals surface area contributed by atoms with Crippen molar-refractivity contribution in [2.45, 2.75) is 25.9 Å². The summed E-state index contributed by atoms with van der Waals surface area (Å²) < 4.78 is 0. The van der Waals surface area contributed by atoms with E-state index in [0.29, 0.717) is 10.3 Å². The van der Waals surface area contributed by atoms with Gasteiger partial charge in [-0.05, 0) is 11.7 Å². The van der Waals surface area contributed by atoms with Gasteiger partial charge in [-0.15, -0.1) is 0 Å². The van der Waals surface area contributed by atoms with Crippen LogP contribution in [0.5, 0.6) is 0 Å². The van der Waals surface area contributed by atoms with E-state index in [4.69, 9.17) is 11.6 Å². The SMILES string of the molecule is CSc1nc(Cl)cc(N(C)CC(C)(C)C)n1. The molecule has 0 saturated heterocycles. The first-order chi connectivity index (χ1) is 7.31. The molecule has 0 amide bonds. The molecular weight excluding hydrogens is 242 g/mol. The van der Waals surface area contributed by atoms with E-state index in [1.807, 2.05) is 13.3 Å². The van der Waals surface area contributed by atoms with Gasteiger partial charge in [0, 0.05) is 19.7 Å². The van der Waals surface area contributed by atoms with Gasteiger partial charge >= 0.3 is 0 Å². The number of anilines is 1. The Morgan fingerprint density at radius 2 is 2.00 bits per heavy atom. The van der Waals surface area contributed by atoms with E-state index in [2.05, 4.69) is 35.6 Å². The second kappa shape index (κ2) is 5.23. The third-order valence-corrected chi connectivity index (χ3v) is 2.69. The second-order valence-electron chi connectivity index (χ2n) is 4.95. The Bertz CT molecular complexity index is 363. The molecule has 5 heteroatoms. The molecule has 0 bridgehead atoms. The molecule has 0 aliphatic carbocycles. The molecule has 0 aromatic carbocycles. The average molecular weight is 260 g/mol. The van der Waals surface area contributed by atoms with Crippen molar-refractivity contribution in [2.75, 3.05) is 24.7 Å². The molecule has 0 saturated carbocycles. The minimum Gasteiger partial charge on any atom is -0.359 e. The lowest BCUT2D eigenvalue weighted by Crippen LogP contribution is -2.29. The van der Waals surface area contributed by atoms with Crippen molar-refractivity contribution in [3.8, 4) is 0 Å². The van der Waals surface area contributed by atoms with E-state index in [0.717, 1.165) is 12.4 Å². The topological polar surface area (TPSA) is 29.0 Å². The summed E-state index contributed by atoms with van der Waals surface area (Å²) in [5.74, 6) is 0.874. The Hall–Kier alpha value is -0.480. The molecule has 1 aromatic rings. The largest absolute Gasteiger partial charge is 0.359 e. The lowest BCUT2D eigenvalue weighted by Gasteiger charge is -2.27. The quantitative estimate of drug-likeness (QED) is 0.473. The van der Waals surface area contributed by atoms with Crippen LogP contribution >= 0.6 is 23.4 Å². The highest BCUT2D eigenvalue weighted by molar-refractivity contribution is 7.98. The van der Waals surface area contributed by atoms with Gasteiger partial charge in [0.05, 0.1) is 0 Å². The number of nitrogens with zero attached hydrogens (tertiary/aromatic N) is 3. The van der Waals surface area contributed by atoms with Crippen molar-refractivity contribution >= 4 is 29.2 Å². The van der Waals surface area contributed by atoms with Crippen LogP contribution in [0.2, 0.25) is 5.15 Å². The first-order valence-electron chi connectivity index (χ1n) is 5.11. The maximum atomic E-state index is 5.95. The summed E-state index contributed by atoms with van der Waals surface area (Å²) >= 11 is 7.45. The van der Waals surface area contributed by atoms with E-state index in [-0.39, 0.29) is 5.41 Å². The van der Waals surface area contributed by atoms with Crippen LogP contribution in [-0.2, 0) is 0 Å². The fraction of sp³-hybridized carbons (Fsp3) is 0.636. The number of hydrogen-bond donors (Lipinski definition) is 0. The Balaban J connectivity index is 2.90. The maximum absolute atomic E-state index is 5.95. The summed E-state index contributed by atoms with van der Waals surface area (Å²) in [5, 5.41) is 1.21. The zero-order valence-corrected chi connectivity index (χ0v) is 12.0. The molecule has 1 aromatic heterocycles. The minimum absolute atomic E-state index is 0.228. The number of aromatic nitrogens is 2. The Labute approximate surface area is 107 Å². The Morgan fingerprint density at radius 3 is 2.50 bits per heavy atom. The van der Waals surface area contributed by atoms with Crippen molar-refractivity contribution in [1.29, 1.82) is 0 Å². The lowest BCUT2D eigenvalue weighted by atomic mass is 9.96. The Morgan fingerprint density at radius 1 is 1.38 bits per heavy atom. The summed E-state index contributed by atoms with van der Waals surface area (Å²) in [7, 11) is 2.02. The summed E-state index contributed by atoms with van der Waals surface area (Å²) in [6, 6.07) is 1.80. The summed E-state index contributed by atoms with van der Waals surface area (Å²) in [5.41, 5.74) is 0.228. The van der Waals surface area contributed by atoms with Gasteiger partial charge in [0.15, 0.2) is 5.16 Å². The van der Waals surface area contributed by atoms with Crippen LogP contribution in [0.3, 0.4) is 0 Å². The van der Waals surface area contributed by atoms with Crippen LogP contribution in [0.15, 0.2) is 11.2 Å². The lowest BCUT2D eigenvalue weighted by molar-refractivity contribution is 0.417. The zero-order chi connectivity index (χ0) is 12.3. The highest BCUT2D eigenvalue weighted by Gasteiger charge is 2.15. The first kappa shape index (κ1) is 13.6. The van der Waals surface area contributed by atoms with Crippen LogP contribution in [0.1, 0.15) is 20.8 Å². The summed E-state index contributed by atoms with van der Waals surface area (Å²) in [6.07, 6.45) is 1.94. The summed E-state index contributed by atoms with van der Waals surface area (Å²) in [6.45, 7) is 7.51. The van der Waals surface area contributed by atoms with Crippen LogP contribution < -0.4 is 4.90 Å². The normalized spacial score (nSPS) is 11.6. The van der Waals surface area contributed by atoms with E-state index in [9.17, 15) is 0 Å². The molecule has 90 valence electrons. The molecule has 0 fully saturated rings. The number of hydrogen-bond acceptors (Lipinski definition) is 4. The molecule has 0 atom stereocenters. The molecule has 1 heterocycles. The van der Waals surface area contributed by atoms with E-state index in [1.54, 1.807) is 6.07 Å². The van der Waals surface area contributed by atoms with Crippen molar-refractivity contribution in [3.05, 3.63) is 11.2 Å². The van der Waals surface area contributed by atoms with Crippen molar-refractivity contribution in [2.24, 2.45) is 5.41 Å². The predicted molar refractivity (Wildman–Crippen MR) is 71.5 cm³/mol. The van der Waals surface area contributed by atoms with E-state index in [1.165, 1.54) is 11.8 Å². The van der Waals surface area contributed by atoms with Gasteiger partial charge in [-0.1, -0.05) is 44.1 Å². The molecule has 0 unspecified atom stereocenters. The highest BCUT2D eigenvalue weighted by atomic mass is 35.5. The predicted octanol–water partition coefficient (Wildman–Crippen LogP) is 3.33. The van der Waals surface area contributed by atoms with Gasteiger partial charge in [-0.25, -0.2) is 9.97 Å². The highest BCUT2D eigenvalue weighted by Crippen LogP contribution is 2.22. The van der Waals surface area contributed by atoms with Crippen LogP contribution in [-0.4, -0.2) is 29.8 Å².